The van der Waals surface area contributed by atoms with E-state index in [1.807, 2.05) is 13.0 Å². The van der Waals surface area contributed by atoms with Crippen molar-refractivity contribution in [1.82, 2.24) is 0 Å². The summed E-state index contributed by atoms with van der Waals surface area (Å²) in [6.45, 7) is 2.55. The molecule has 0 aliphatic heterocycles. The molecule has 0 saturated carbocycles. The lowest BCUT2D eigenvalue weighted by Gasteiger charge is -2.09. The van der Waals surface area contributed by atoms with Gasteiger partial charge in [-0.2, -0.15) is 0 Å². The van der Waals surface area contributed by atoms with Gasteiger partial charge in [-0.15, -0.1) is 0 Å². The summed E-state index contributed by atoms with van der Waals surface area (Å²) < 4.78 is 0. The highest BCUT2D eigenvalue weighted by molar-refractivity contribution is 6.33. The summed E-state index contributed by atoms with van der Waals surface area (Å²) in [6, 6.07) is 3.57. The van der Waals surface area contributed by atoms with Crippen LogP contribution in [0.5, 0.6) is 0 Å². The summed E-state index contributed by atoms with van der Waals surface area (Å²) in [5, 5.41) is 12.2. The Kier molecular flexibility index (Phi) is 3.39. The maximum absolute atomic E-state index is 8.62. The number of hydrogen-bond donors (Lipinski definition) is 3. The second-order valence-electron chi connectivity index (χ2n) is 2.84. The van der Waals surface area contributed by atoms with Crippen molar-refractivity contribution < 1.29 is 5.11 Å². The van der Waals surface area contributed by atoms with Crippen LogP contribution in [0.2, 0.25) is 5.02 Å². The number of nitrogen functional groups attached to an aromatic ring is 1. The molecule has 0 saturated heterocycles. The first-order valence-electron chi connectivity index (χ1n) is 4.05. The van der Waals surface area contributed by atoms with Gasteiger partial charge in [0.2, 0.25) is 0 Å². The summed E-state index contributed by atoms with van der Waals surface area (Å²) in [5.74, 6) is 0. The largest absolute Gasteiger partial charge is 0.398 e. The number of rotatable bonds is 3. The molecule has 1 aromatic rings. The van der Waals surface area contributed by atoms with Gasteiger partial charge in [-0.05, 0) is 24.6 Å². The number of aliphatic hydroxyl groups excluding tert-OH is 1. The highest BCUT2D eigenvalue weighted by Crippen LogP contribution is 2.26. The van der Waals surface area contributed by atoms with Crippen molar-refractivity contribution in [3.63, 3.8) is 0 Å². The van der Waals surface area contributed by atoms with E-state index in [4.69, 9.17) is 22.4 Å². The number of hydrogen-bond acceptors (Lipinski definition) is 3. The Morgan fingerprint density at radius 2 is 2.23 bits per heavy atom. The second kappa shape index (κ2) is 4.35. The minimum atomic E-state index is 0.0986. The predicted molar refractivity (Wildman–Crippen MR) is 56.2 cm³/mol. The van der Waals surface area contributed by atoms with Gasteiger partial charge in [-0.3, -0.25) is 0 Å². The van der Waals surface area contributed by atoms with Gasteiger partial charge in [-0.1, -0.05) is 11.6 Å². The minimum absolute atomic E-state index is 0.0986. The van der Waals surface area contributed by atoms with Crippen LogP contribution in [0.25, 0.3) is 0 Å². The van der Waals surface area contributed by atoms with Crippen molar-refractivity contribution in [2.75, 3.05) is 24.2 Å². The summed E-state index contributed by atoms with van der Waals surface area (Å²) in [6.07, 6.45) is 0. The Bertz CT molecular complexity index is 302. The highest BCUT2D eigenvalue weighted by Gasteiger charge is 2.02. The van der Waals surface area contributed by atoms with Gasteiger partial charge >= 0.3 is 0 Å². The first-order chi connectivity index (χ1) is 6.15. The van der Waals surface area contributed by atoms with Gasteiger partial charge in [0.05, 0.1) is 17.3 Å². The quantitative estimate of drug-likeness (QED) is 0.651. The SMILES string of the molecule is Cc1cc(N)c(Cl)cc1NCCO. The Labute approximate surface area is 82.5 Å². The second-order valence-corrected chi connectivity index (χ2v) is 3.25. The van der Waals surface area contributed by atoms with E-state index in [-0.39, 0.29) is 6.61 Å². The molecule has 0 aliphatic carbocycles. The summed E-state index contributed by atoms with van der Waals surface area (Å²) in [4.78, 5) is 0. The number of anilines is 2. The minimum Gasteiger partial charge on any atom is -0.398 e. The average Bonchev–Trinajstić information content (AvgIpc) is 2.09. The van der Waals surface area contributed by atoms with Crippen LogP contribution < -0.4 is 11.1 Å². The van der Waals surface area contributed by atoms with Crippen molar-refractivity contribution in [1.29, 1.82) is 0 Å². The molecule has 0 spiro atoms. The fraction of sp³-hybridized carbons (Fsp3) is 0.333. The molecule has 0 fully saturated rings. The number of nitrogens with one attached hydrogen (secondary N) is 1. The van der Waals surface area contributed by atoms with Gasteiger partial charge < -0.3 is 16.2 Å². The zero-order valence-corrected chi connectivity index (χ0v) is 8.23. The van der Waals surface area contributed by atoms with E-state index in [9.17, 15) is 0 Å². The normalized spacial score (nSPS) is 10.1. The van der Waals surface area contributed by atoms with E-state index >= 15 is 0 Å². The Balaban J connectivity index is 2.88. The maximum Gasteiger partial charge on any atom is 0.0656 e. The first kappa shape index (κ1) is 10.2. The lowest BCUT2D eigenvalue weighted by molar-refractivity contribution is 0.311. The van der Waals surface area contributed by atoms with Crippen LogP contribution in [0.15, 0.2) is 12.1 Å². The molecule has 13 heavy (non-hydrogen) atoms. The fourth-order valence-electron chi connectivity index (χ4n) is 1.08. The molecule has 4 N–H and O–H groups in total. The molecule has 0 bridgehead atoms. The van der Waals surface area contributed by atoms with Crippen molar-refractivity contribution in [2.24, 2.45) is 0 Å². The zero-order valence-electron chi connectivity index (χ0n) is 7.47. The number of aliphatic hydroxyl groups is 1. The molecule has 1 aromatic carbocycles. The van der Waals surface area contributed by atoms with Crippen LogP contribution in [0.3, 0.4) is 0 Å². The van der Waals surface area contributed by atoms with Gasteiger partial charge in [0.25, 0.3) is 0 Å². The first-order valence-corrected chi connectivity index (χ1v) is 4.43. The predicted octanol–water partition coefficient (Wildman–Crippen LogP) is 1.63. The zero-order chi connectivity index (χ0) is 9.84. The van der Waals surface area contributed by atoms with Crippen molar-refractivity contribution in [3.05, 3.63) is 22.7 Å². The summed E-state index contributed by atoms with van der Waals surface area (Å²) >= 11 is 5.84. The van der Waals surface area contributed by atoms with Crippen molar-refractivity contribution >= 4 is 23.0 Å². The lowest BCUT2D eigenvalue weighted by atomic mass is 10.2. The Morgan fingerprint density at radius 3 is 2.85 bits per heavy atom. The monoisotopic (exact) mass is 200 g/mol. The third-order valence-corrected chi connectivity index (χ3v) is 2.10. The van der Waals surface area contributed by atoms with Crippen molar-refractivity contribution in [3.8, 4) is 0 Å². The van der Waals surface area contributed by atoms with Gasteiger partial charge in [0, 0.05) is 12.2 Å². The van der Waals surface area contributed by atoms with E-state index in [1.54, 1.807) is 6.07 Å². The van der Waals surface area contributed by atoms with Crippen LogP contribution in [-0.4, -0.2) is 18.3 Å². The number of halogens is 1. The molecule has 0 unspecified atom stereocenters. The van der Waals surface area contributed by atoms with E-state index in [1.165, 1.54) is 0 Å². The third kappa shape index (κ3) is 2.50. The molecule has 0 radical (unpaired) electrons. The number of nitrogens with two attached hydrogens (primary N) is 1. The lowest BCUT2D eigenvalue weighted by Crippen LogP contribution is -2.06. The van der Waals surface area contributed by atoms with Gasteiger partial charge in [-0.25, -0.2) is 0 Å². The van der Waals surface area contributed by atoms with E-state index in [0.717, 1.165) is 11.3 Å². The smallest absolute Gasteiger partial charge is 0.0656 e. The molecule has 0 aromatic heterocycles. The molecule has 0 atom stereocenters. The van der Waals surface area contributed by atoms with Crippen LogP contribution in [-0.2, 0) is 0 Å². The van der Waals surface area contributed by atoms with E-state index in [0.29, 0.717) is 17.3 Å². The van der Waals surface area contributed by atoms with Crippen LogP contribution in [0.1, 0.15) is 5.56 Å². The maximum atomic E-state index is 8.62. The standard InChI is InChI=1S/C9H13ClN2O/c1-6-4-8(11)7(10)5-9(6)12-2-3-13/h4-5,12-13H,2-3,11H2,1H3. The van der Waals surface area contributed by atoms with Crippen LogP contribution in [0, 0.1) is 6.92 Å². The Hall–Kier alpha value is -0.930. The molecular weight excluding hydrogens is 188 g/mol. The molecule has 0 aliphatic rings. The summed E-state index contributed by atoms with van der Waals surface area (Å²) in [5.41, 5.74) is 8.12. The fourth-order valence-corrected chi connectivity index (χ4v) is 1.25. The Morgan fingerprint density at radius 1 is 1.54 bits per heavy atom. The molecule has 1 rings (SSSR count). The van der Waals surface area contributed by atoms with Crippen molar-refractivity contribution in [2.45, 2.75) is 6.92 Å². The molecule has 0 amide bonds. The van der Waals surface area contributed by atoms with Gasteiger partial charge in [0.1, 0.15) is 0 Å². The van der Waals surface area contributed by atoms with Gasteiger partial charge in [0.15, 0.2) is 0 Å². The average molecular weight is 201 g/mol. The number of aryl methyl sites for hydroxylation is 1. The molecule has 0 heterocycles. The molecular formula is C9H13ClN2O. The van der Waals surface area contributed by atoms with E-state index in [2.05, 4.69) is 5.32 Å². The molecule has 72 valence electrons. The topological polar surface area (TPSA) is 58.3 Å². The summed E-state index contributed by atoms with van der Waals surface area (Å²) in [7, 11) is 0. The molecule has 4 heteroatoms. The molecule has 3 nitrogen and oxygen atoms in total. The third-order valence-electron chi connectivity index (χ3n) is 1.77. The van der Waals surface area contributed by atoms with E-state index < -0.39 is 0 Å². The van der Waals surface area contributed by atoms with Crippen LogP contribution in [0.4, 0.5) is 11.4 Å². The van der Waals surface area contributed by atoms with Crippen LogP contribution >= 0.6 is 11.6 Å². The number of benzene rings is 1. The highest BCUT2D eigenvalue weighted by atomic mass is 35.5.